The number of aliphatic imine (C=N–C) groups is 1. The summed E-state index contributed by atoms with van der Waals surface area (Å²) in [4.78, 5) is 21.9. The standard InChI is InChI=1S/C21H23N5O3S/c1-3-15(22)26-21(11(2)10-27)29-16-7-4-12-13(25-16)5-6-14-17(12)18-19(30-14)20(28)24-9-8-23-18/h4-7,23,27H,3,8-10H2,1-2H3,(H2,22,26)(H,24,28)/b21-11-. The zero-order chi connectivity index (χ0) is 21.3. The minimum absolute atomic E-state index is 0.0575. The van der Waals surface area contributed by atoms with E-state index < -0.39 is 0 Å². The first-order chi connectivity index (χ1) is 14.5. The number of aliphatic hydroxyl groups excluding tert-OH is 1. The molecule has 5 N–H and O–H groups in total. The molecule has 0 spiro atoms. The van der Waals surface area contributed by atoms with Crippen LogP contribution >= 0.6 is 11.3 Å². The summed E-state index contributed by atoms with van der Waals surface area (Å²) in [5, 5.41) is 17.7. The molecule has 0 fully saturated rings. The van der Waals surface area contributed by atoms with Crippen molar-refractivity contribution in [3.63, 3.8) is 0 Å². The molecule has 2 aromatic heterocycles. The number of ether oxygens (including phenoxy) is 1. The van der Waals surface area contributed by atoms with Gasteiger partial charge in [0.05, 0.1) is 17.8 Å². The number of carbonyl (C=O) groups is 1. The highest BCUT2D eigenvalue weighted by atomic mass is 32.1. The molecule has 156 valence electrons. The highest BCUT2D eigenvalue weighted by Gasteiger charge is 2.22. The van der Waals surface area contributed by atoms with Crippen molar-refractivity contribution in [2.24, 2.45) is 10.7 Å². The number of nitrogens with two attached hydrogens (primary N) is 1. The van der Waals surface area contributed by atoms with Crippen LogP contribution in [0.1, 0.15) is 29.9 Å². The smallest absolute Gasteiger partial charge is 0.263 e. The zero-order valence-corrected chi connectivity index (χ0v) is 17.6. The fourth-order valence-corrected chi connectivity index (χ4v) is 4.30. The third kappa shape index (κ3) is 3.69. The van der Waals surface area contributed by atoms with Crippen molar-refractivity contribution in [2.45, 2.75) is 20.3 Å². The van der Waals surface area contributed by atoms with E-state index in [-0.39, 0.29) is 18.4 Å². The largest absolute Gasteiger partial charge is 0.421 e. The summed E-state index contributed by atoms with van der Waals surface area (Å²) in [7, 11) is 0. The van der Waals surface area contributed by atoms with Gasteiger partial charge in [0.1, 0.15) is 10.7 Å². The van der Waals surface area contributed by atoms with E-state index in [0.29, 0.717) is 41.7 Å². The predicted molar refractivity (Wildman–Crippen MR) is 120 cm³/mol. The van der Waals surface area contributed by atoms with Crippen molar-refractivity contribution in [2.75, 3.05) is 25.0 Å². The Labute approximate surface area is 177 Å². The Morgan fingerprint density at radius 1 is 1.30 bits per heavy atom. The molecule has 8 nitrogen and oxygen atoms in total. The molecule has 30 heavy (non-hydrogen) atoms. The fourth-order valence-electron chi connectivity index (χ4n) is 3.19. The lowest BCUT2D eigenvalue weighted by atomic mass is 10.1. The van der Waals surface area contributed by atoms with Gasteiger partial charge in [0, 0.05) is 46.6 Å². The second-order valence-corrected chi connectivity index (χ2v) is 8.00. The molecule has 1 amide bonds. The molecule has 0 radical (unpaired) electrons. The summed E-state index contributed by atoms with van der Waals surface area (Å²) in [6, 6.07) is 7.55. The van der Waals surface area contributed by atoms with E-state index in [1.807, 2.05) is 25.1 Å². The third-order valence-electron chi connectivity index (χ3n) is 4.83. The van der Waals surface area contributed by atoms with E-state index in [9.17, 15) is 9.90 Å². The van der Waals surface area contributed by atoms with Crippen molar-refractivity contribution < 1.29 is 14.6 Å². The second kappa shape index (κ2) is 8.29. The van der Waals surface area contributed by atoms with Crippen LogP contribution in [0.3, 0.4) is 0 Å². The Bertz CT molecular complexity index is 1200. The molecule has 0 saturated heterocycles. The van der Waals surface area contributed by atoms with Crippen LogP contribution in [-0.4, -0.2) is 41.5 Å². The first-order valence-electron chi connectivity index (χ1n) is 9.71. The molecule has 0 bridgehead atoms. The van der Waals surface area contributed by atoms with Crippen LogP contribution in [0.25, 0.3) is 21.0 Å². The number of benzene rings is 1. The quantitative estimate of drug-likeness (QED) is 0.283. The van der Waals surface area contributed by atoms with Gasteiger partial charge in [-0.1, -0.05) is 6.92 Å². The zero-order valence-electron chi connectivity index (χ0n) is 16.8. The summed E-state index contributed by atoms with van der Waals surface area (Å²) in [5.74, 6) is 0.945. The molecule has 0 saturated carbocycles. The molecule has 1 aliphatic heterocycles. The van der Waals surface area contributed by atoms with Gasteiger partial charge in [-0.3, -0.25) is 4.79 Å². The second-order valence-electron chi connectivity index (χ2n) is 6.95. The summed E-state index contributed by atoms with van der Waals surface area (Å²) >= 11 is 1.47. The number of nitrogens with one attached hydrogen (secondary N) is 2. The minimum Gasteiger partial charge on any atom is -0.421 e. The van der Waals surface area contributed by atoms with Crippen LogP contribution in [0.15, 0.2) is 40.7 Å². The number of thiophene rings is 1. The highest BCUT2D eigenvalue weighted by Crippen LogP contribution is 2.40. The van der Waals surface area contributed by atoms with Crippen molar-refractivity contribution in [3.8, 4) is 5.88 Å². The number of nitrogens with zero attached hydrogens (tertiary/aromatic N) is 2. The molecule has 1 aliphatic rings. The van der Waals surface area contributed by atoms with Crippen LogP contribution < -0.4 is 21.1 Å². The third-order valence-corrected chi connectivity index (χ3v) is 5.98. The number of hydrogen-bond acceptors (Lipinski definition) is 7. The van der Waals surface area contributed by atoms with E-state index >= 15 is 0 Å². The Morgan fingerprint density at radius 3 is 2.87 bits per heavy atom. The topological polar surface area (TPSA) is 122 Å². The summed E-state index contributed by atoms with van der Waals surface area (Å²) in [6.07, 6.45) is 0.568. The maximum atomic E-state index is 12.4. The van der Waals surface area contributed by atoms with Crippen molar-refractivity contribution in [3.05, 3.63) is 40.6 Å². The number of hydrogen-bond donors (Lipinski definition) is 4. The predicted octanol–water partition coefficient (Wildman–Crippen LogP) is 2.97. The highest BCUT2D eigenvalue weighted by molar-refractivity contribution is 7.21. The van der Waals surface area contributed by atoms with Crippen molar-refractivity contribution >= 4 is 49.8 Å². The number of aliphatic hydroxyl groups is 1. The maximum absolute atomic E-state index is 12.4. The van der Waals surface area contributed by atoms with Gasteiger partial charge in [-0.05, 0) is 25.1 Å². The molecule has 4 rings (SSSR count). The molecular formula is C21H23N5O3S. The van der Waals surface area contributed by atoms with Gasteiger partial charge < -0.3 is 26.2 Å². The van der Waals surface area contributed by atoms with Crippen LogP contribution in [0.5, 0.6) is 5.88 Å². The van der Waals surface area contributed by atoms with Crippen LogP contribution in [0.4, 0.5) is 5.69 Å². The molecule has 0 unspecified atom stereocenters. The Hall–Kier alpha value is -3.17. The average molecular weight is 426 g/mol. The lowest BCUT2D eigenvalue weighted by Crippen LogP contribution is -2.24. The Kier molecular flexibility index (Phi) is 5.56. The molecule has 3 heterocycles. The van der Waals surface area contributed by atoms with E-state index in [4.69, 9.17) is 10.5 Å². The van der Waals surface area contributed by atoms with Gasteiger partial charge in [0.25, 0.3) is 5.91 Å². The van der Waals surface area contributed by atoms with Crippen molar-refractivity contribution in [1.82, 2.24) is 10.3 Å². The van der Waals surface area contributed by atoms with E-state index in [1.165, 1.54) is 11.3 Å². The number of amidine groups is 1. The van der Waals surface area contributed by atoms with E-state index in [1.54, 1.807) is 13.0 Å². The molecule has 0 aliphatic carbocycles. The van der Waals surface area contributed by atoms with Crippen LogP contribution in [0, 0.1) is 0 Å². The minimum atomic E-state index is -0.196. The first-order valence-corrected chi connectivity index (χ1v) is 10.5. The summed E-state index contributed by atoms with van der Waals surface area (Å²) in [6.45, 7) is 4.68. The molecular weight excluding hydrogens is 402 g/mol. The first kappa shape index (κ1) is 20.1. The normalized spacial score (nSPS) is 15.3. The molecule has 1 aromatic carbocycles. The Balaban J connectivity index is 1.79. The van der Waals surface area contributed by atoms with Crippen LogP contribution in [0.2, 0.25) is 0 Å². The fraction of sp³-hybridized carbons (Fsp3) is 0.286. The van der Waals surface area contributed by atoms with Gasteiger partial charge in [0.2, 0.25) is 11.8 Å². The monoisotopic (exact) mass is 425 g/mol. The van der Waals surface area contributed by atoms with Gasteiger partial charge in [-0.2, -0.15) is 0 Å². The SMILES string of the molecule is CCC(N)=N/C(Oc1ccc2c(ccc3sc4c(c32)NCCNC4=O)n1)=C(\C)CO. The summed E-state index contributed by atoms with van der Waals surface area (Å²) in [5.41, 5.74) is 7.99. The number of amides is 1. The number of aromatic nitrogens is 1. The molecule has 3 aromatic rings. The lowest BCUT2D eigenvalue weighted by Gasteiger charge is -2.10. The average Bonchev–Trinajstić information content (AvgIpc) is 3.04. The number of carbonyl (C=O) groups excluding carboxylic acids is 1. The van der Waals surface area contributed by atoms with Gasteiger partial charge >= 0.3 is 0 Å². The number of rotatable bonds is 5. The molecule has 0 atom stereocenters. The summed E-state index contributed by atoms with van der Waals surface area (Å²) < 4.78 is 6.87. The number of anilines is 1. The van der Waals surface area contributed by atoms with E-state index in [0.717, 1.165) is 26.7 Å². The molecule has 9 heteroatoms. The number of fused-ring (bicyclic) bond motifs is 5. The van der Waals surface area contributed by atoms with Crippen LogP contribution in [-0.2, 0) is 0 Å². The lowest BCUT2D eigenvalue weighted by molar-refractivity contribution is 0.0962. The Morgan fingerprint density at radius 2 is 2.10 bits per heavy atom. The number of pyridine rings is 1. The van der Waals surface area contributed by atoms with Crippen molar-refractivity contribution in [1.29, 1.82) is 0 Å². The van der Waals surface area contributed by atoms with Gasteiger partial charge in [-0.15, -0.1) is 11.3 Å². The van der Waals surface area contributed by atoms with E-state index in [2.05, 4.69) is 20.6 Å². The maximum Gasteiger partial charge on any atom is 0.263 e. The van der Waals surface area contributed by atoms with Gasteiger partial charge in [-0.25, -0.2) is 9.98 Å². The van der Waals surface area contributed by atoms with Gasteiger partial charge in [0.15, 0.2) is 0 Å².